The second-order valence-electron chi connectivity index (χ2n) is 7.27. The van der Waals surface area contributed by atoms with E-state index in [9.17, 15) is 14.4 Å². The molecule has 0 aliphatic carbocycles. The van der Waals surface area contributed by atoms with Gasteiger partial charge in [-0.2, -0.15) is 0 Å². The quantitative estimate of drug-likeness (QED) is 0.719. The smallest absolute Gasteiger partial charge is 0.337 e. The van der Waals surface area contributed by atoms with Crippen LogP contribution in [0.1, 0.15) is 51.8 Å². The van der Waals surface area contributed by atoms with Crippen molar-refractivity contribution in [1.82, 2.24) is 5.32 Å². The van der Waals surface area contributed by atoms with Gasteiger partial charge in [0, 0.05) is 23.4 Å². The molecule has 0 saturated heterocycles. The summed E-state index contributed by atoms with van der Waals surface area (Å²) in [6.45, 7) is 6.61. The van der Waals surface area contributed by atoms with Crippen LogP contribution in [-0.2, 0) is 0 Å². The number of nitrogens with one attached hydrogen (secondary N) is 2. The summed E-state index contributed by atoms with van der Waals surface area (Å²) in [7, 11) is 0. The number of anilines is 1. The molecule has 0 heterocycles. The Morgan fingerprint density at radius 2 is 1.52 bits per heavy atom. The van der Waals surface area contributed by atoms with Crippen LogP contribution in [0.3, 0.4) is 0 Å². The molecule has 6 nitrogen and oxygen atoms in total. The van der Waals surface area contributed by atoms with E-state index in [1.165, 1.54) is 18.2 Å². The molecule has 0 spiro atoms. The van der Waals surface area contributed by atoms with Crippen molar-refractivity contribution in [2.75, 3.05) is 11.9 Å². The van der Waals surface area contributed by atoms with Crippen molar-refractivity contribution in [3.05, 3.63) is 64.2 Å². The van der Waals surface area contributed by atoms with Gasteiger partial charge in [-0.1, -0.05) is 32.4 Å². The minimum absolute atomic E-state index is 0.0209. The van der Waals surface area contributed by atoms with Crippen molar-refractivity contribution in [2.45, 2.75) is 20.8 Å². The van der Waals surface area contributed by atoms with Crippen LogP contribution in [0.25, 0.3) is 0 Å². The second-order valence-corrected chi connectivity index (χ2v) is 7.68. The normalized spacial score (nSPS) is 11.0. The number of hydrogen-bond donors (Lipinski definition) is 3. The fourth-order valence-corrected chi connectivity index (χ4v) is 2.45. The van der Waals surface area contributed by atoms with Crippen LogP contribution in [0.5, 0.6) is 0 Å². The summed E-state index contributed by atoms with van der Waals surface area (Å²) in [6, 6.07) is 10.4. The molecule has 2 rings (SSSR count). The third kappa shape index (κ3) is 5.82. The van der Waals surface area contributed by atoms with Crippen molar-refractivity contribution >= 4 is 35.1 Å². The van der Waals surface area contributed by atoms with E-state index in [0.717, 1.165) is 0 Å². The van der Waals surface area contributed by atoms with Crippen molar-refractivity contribution < 1.29 is 19.5 Å². The first-order chi connectivity index (χ1) is 12.6. The molecule has 7 heteroatoms. The molecule has 0 bridgehead atoms. The second kappa shape index (κ2) is 8.22. The van der Waals surface area contributed by atoms with Crippen LogP contribution in [0, 0.1) is 5.41 Å². The molecule has 0 atom stereocenters. The standard InChI is InChI=1S/C20H21ClN2O4/c1-20(2,3)11-22-17(24)12-4-6-13(7-5-12)18(25)23-14-8-9-15(19(26)27)16(21)10-14/h4-10H,11H2,1-3H3,(H,22,24)(H,23,25)(H,26,27). The lowest BCUT2D eigenvalue weighted by molar-refractivity contribution is 0.0696. The van der Waals surface area contributed by atoms with E-state index in [1.54, 1.807) is 24.3 Å². The van der Waals surface area contributed by atoms with E-state index >= 15 is 0 Å². The van der Waals surface area contributed by atoms with Crippen LogP contribution >= 0.6 is 11.6 Å². The van der Waals surface area contributed by atoms with Gasteiger partial charge in [-0.25, -0.2) is 4.79 Å². The maximum atomic E-state index is 12.3. The largest absolute Gasteiger partial charge is 0.478 e. The van der Waals surface area contributed by atoms with Gasteiger partial charge in [-0.3, -0.25) is 9.59 Å². The van der Waals surface area contributed by atoms with Crippen LogP contribution in [-0.4, -0.2) is 29.4 Å². The van der Waals surface area contributed by atoms with Gasteiger partial charge < -0.3 is 15.7 Å². The zero-order valence-electron chi connectivity index (χ0n) is 15.3. The molecule has 0 aliphatic heterocycles. The van der Waals surface area contributed by atoms with E-state index in [-0.39, 0.29) is 21.9 Å². The molecule has 2 amide bonds. The molecule has 0 radical (unpaired) electrons. The zero-order chi connectivity index (χ0) is 20.2. The Morgan fingerprint density at radius 3 is 2.00 bits per heavy atom. The monoisotopic (exact) mass is 388 g/mol. The number of benzene rings is 2. The number of carbonyl (C=O) groups excluding carboxylic acids is 2. The number of carboxylic acid groups (broad SMARTS) is 1. The molecular weight excluding hydrogens is 368 g/mol. The minimum Gasteiger partial charge on any atom is -0.478 e. The molecule has 0 fully saturated rings. The number of aromatic carboxylic acids is 1. The summed E-state index contributed by atoms with van der Waals surface area (Å²) in [4.78, 5) is 35.4. The molecule has 2 aromatic rings. The predicted octanol–water partition coefficient (Wildman–Crippen LogP) is 4.07. The highest BCUT2D eigenvalue weighted by Crippen LogP contribution is 2.21. The average molecular weight is 389 g/mol. The van der Waals surface area contributed by atoms with E-state index in [1.807, 2.05) is 20.8 Å². The summed E-state index contributed by atoms with van der Waals surface area (Å²) in [5.41, 5.74) is 1.14. The molecule has 3 N–H and O–H groups in total. The molecular formula is C20H21ClN2O4. The third-order valence-electron chi connectivity index (χ3n) is 3.65. The first kappa shape index (κ1) is 20.5. The van der Waals surface area contributed by atoms with E-state index in [2.05, 4.69) is 10.6 Å². The van der Waals surface area contributed by atoms with E-state index < -0.39 is 11.9 Å². The van der Waals surface area contributed by atoms with Crippen molar-refractivity contribution in [1.29, 1.82) is 0 Å². The summed E-state index contributed by atoms with van der Waals surface area (Å²) >= 11 is 5.89. The van der Waals surface area contributed by atoms with Gasteiger partial charge in [0.25, 0.3) is 11.8 Å². The highest BCUT2D eigenvalue weighted by molar-refractivity contribution is 6.33. The molecule has 27 heavy (non-hydrogen) atoms. The van der Waals surface area contributed by atoms with Crippen LogP contribution in [0.2, 0.25) is 5.02 Å². The highest BCUT2D eigenvalue weighted by atomic mass is 35.5. The van der Waals surface area contributed by atoms with Gasteiger partial charge in [0.1, 0.15) is 0 Å². The average Bonchev–Trinajstić information content (AvgIpc) is 2.59. The van der Waals surface area contributed by atoms with Gasteiger partial charge in [0.15, 0.2) is 0 Å². The van der Waals surface area contributed by atoms with Gasteiger partial charge in [-0.05, 0) is 47.9 Å². The summed E-state index contributed by atoms with van der Waals surface area (Å²) in [5, 5.41) is 14.5. The Balaban J connectivity index is 2.04. The first-order valence-corrected chi connectivity index (χ1v) is 8.67. The minimum atomic E-state index is -1.14. The van der Waals surface area contributed by atoms with Crippen molar-refractivity contribution in [3.63, 3.8) is 0 Å². The van der Waals surface area contributed by atoms with Gasteiger partial charge in [0.05, 0.1) is 10.6 Å². The molecule has 0 aliphatic rings. The van der Waals surface area contributed by atoms with Crippen LogP contribution in [0.4, 0.5) is 5.69 Å². The fourth-order valence-electron chi connectivity index (χ4n) is 2.19. The Bertz CT molecular complexity index is 871. The number of carboxylic acids is 1. The molecule has 2 aromatic carbocycles. The number of carbonyl (C=O) groups is 3. The van der Waals surface area contributed by atoms with Crippen LogP contribution in [0.15, 0.2) is 42.5 Å². The Hall–Kier alpha value is -2.86. The Morgan fingerprint density at radius 1 is 0.963 bits per heavy atom. The lowest BCUT2D eigenvalue weighted by atomic mass is 9.97. The maximum absolute atomic E-state index is 12.3. The lowest BCUT2D eigenvalue weighted by Crippen LogP contribution is -2.32. The van der Waals surface area contributed by atoms with E-state index in [4.69, 9.17) is 16.7 Å². The number of halogens is 1. The van der Waals surface area contributed by atoms with Crippen molar-refractivity contribution in [2.24, 2.45) is 5.41 Å². The lowest BCUT2D eigenvalue weighted by Gasteiger charge is -2.18. The van der Waals surface area contributed by atoms with Gasteiger partial charge in [0.2, 0.25) is 0 Å². The van der Waals surface area contributed by atoms with E-state index in [0.29, 0.717) is 23.4 Å². The molecule has 0 aromatic heterocycles. The molecule has 0 saturated carbocycles. The number of amides is 2. The van der Waals surface area contributed by atoms with Crippen molar-refractivity contribution in [3.8, 4) is 0 Å². The summed E-state index contributed by atoms with van der Waals surface area (Å²) < 4.78 is 0. The highest BCUT2D eigenvalue weighted by Gasteiger charge is 2.14. The Labute approximate surface area is 162 Å². The third-order valence-corrected chi connectivity index (χ3v) is 3.96. The Kier molecular flexibility index (Phi) is 6.23. The van der Waals surface area contributed by atoms with Gasteiger partial charge >= 0.3 is 5.97 Å². The maximum Gasteiger partial charge on any atom is 0.337 e. The first-order valence-electron chi connectivity index (χ1n) is 8.29. The zero-order valence-corrected chi connectivity index (χ0v) is 16.1. The molecule has 0 unspecified atom stereocenters. The SMILES string of the molecule is CC(C)(C)CNC(=O)c1ccc(C(=O)Nc2ccc(C(=O)O)c(Cl)c2)cc1. The van der Waals surface area contributed by atoms with Gasteiger partial charge in [-0.15, -0.1) is 0 Å². The summed E-state index contributed by atoms with van der Waals surface area (Å²) in [5.74, 6) is -1.73. The summed E-state index contributed by atoms with van der Waals surface area (Å²) in [6.07, 6.45) is 0. The fraction of sp³-hybridized carbons (Fsp3) is 0.250. The number of hydrogen-bond acceptors (Lipinski definition) is 3. The van der Waals surface area contributed by atoms with Crippen LogP contribution < -0.4 is 10.6 Å². The predicted molar refractivity (Wildman–Crippen MR) is 105 cm³/mol. The topological polar surface area (TPSA) is 95.5 Å². The number of rotatable bonds is 5. The molecule has 142 valence electrons.